The molecule has 0 unspecified atom stereocenters. The van der Waals surface area contributed by atoms with Crippen LogP contribution in [0.5, 0.6) is 11.8 Å². The van der Waals surface area contributed by atoms with E-state index in [-0.39, 0.29) is 5.82 Å². The third-order valence-corrected chi connectivity index (χ3v) is 2.44. The number of benzene rings is 1. The van der Waals surface area contributed by atoms with Crippen molar-refractivity contribution in [1.82, 2.24) is 9.55 Å². The summed E-state index contributed by atoms with van der Waals surface area (Å²) < 4.78 is 20.9. The van der Waals surface area contributed by atoms with E-state index in [2.05, 4.69) is 20.9 Å². The first-order valence-corrected chi connectivity index (χ1v) is 5.64. The summed E-state index contributed by atoms with van der Waals surface area (Å²) in [4.78, 5) is 4.14. The van der Waals surface area contributed by atoms with E-state index in [0.717, 1.165) is 6.54 Å². The van der Waals surface area contributed by atoms with Crippen molar-refractivity contribution < 1.29 is 9.13 Å². The molecule has 0 bridgehead atoms. The highest BCUT2D eigenvalue weighted by Gasteiger charge is 2.07. The van der Waals surface area contributed by atoms with E-state index in [1.165, 1.54) is 12.1 Å². The van der Waals surface area contributed by atoms with E-state index in [9.17, 15) is 4.39 Å². The maximum Gasteiger partial charge on any atom is 0.302 e. The van der Waals surface area contributed by atoms with Gasteiger partial charge in [-0.15, -0.1) is 0 Å². The number of nitrogens with zero attached hydrogens (tertiary/aromatic N) is 2. The minimum atomic E-state index is -0.328. The van der Waals surface area contributed by atoms with Crippen molar-refractivity contribution in [1.29, 1.82) is 0 Å². The topological polar surface area (TPSA) is 27.1 Å². The second kappa shape index (κ2) is 4.65. The average Bonchev–Trinajstić information content (AvgIpc) is 2.59. The Bertz CT molecular complexity index is 498. The summed E-state index contributed by atoms with van der Waals surface area (Å²) in [6.45, 7) is 2.72. The van der Waals surface area contributed by atoms with Gasteiger partial charge in [0.15, 0.2) is 0 Å². The zero-order chi connectivity index (χ0) is 11.5. The van der Waals surface area contributed by atoms with Crippen LogP contribution >= 0.6 is 15.9 Å². The molecule has 0 aliphatic carbocycles. The number of aromatic nitrogens is 2. The van der Waals surface area contributed by atoms with E-state index in [1.807, 2.05) is 17.7 Å². The molecule has 1 aromatic heterocycles. The molecule has 0 fully saturated rings. The molecule has 0 aliphatic heterocycles. The van der Waals surface area contributed by atoms with Gasteiger partial charge in [0.1, 0.15) is 16.2 Å². The summed E-state index contributed by atoms with van der Waals surface area (Å²) in [5.41, 5.74) is 0. The molecule has 3 nitrogen and oxygen atoms in total. The Morgan fingerprint density at radius 1 is 1.50 bits per heavy atom. The van der Waals surface area contributed by atoms with Crippen LogP contribution in [0.1, 0.15) is 6.92 Å². The summed E-state index contributed by atoms with van der Waals surface area (Å²) in [5.74, 6) is 0.110. The van der Waals surface area contributed by atoms with E-state index in [0.29, 0.717) is 16.4 Å². The lowest BCUT2D eigenvalue weighted by atomic mass is 10.3. The summed E-state index contributed by atoms with van der Waals surface area (Å²) in [5, 5.41) is 0. The molecule has 84 valence electrons. The Kier molecular flexibility index (Phi) is 3.24. The molecular formula is C11H10BrFN2O. The minimum absolute atomic E-state index is 0.328. The zero-order valence-electron chi connectivity index (χ0n) is 8.65. The first-order chi connectivity index (χ1) is 7.69. The molecule has 0 N–H and O–H groups in total. The predicted octanol–water partition coefficient (Wildman–Crippen LogP) is 3.60. The van der Waals surface area contributed by atoms with Crippen molar-refractivity contribution in [3.8, 4) is 11.8 Å². The van der Waals surface area contributed by atoms with Gasteiger partial charge in [0.2, 0.25) is 0 Å². The monoisotopic (exact) mass is 284 g/mol. The number of hydrogen-bond acceptors (Lipinski definition) is 2. The molecule has 5 heteroatoms. The van der Waals surface area contributed by atoms with Crippen molar-refractivity contribution >= 4 is 15.9 Å². The largest absolute Gasteiger partial charge is 0.425 e. The average molecular weight is 285 g/mol. The fourth-order valence-corrected chi connectivity index (χ4v) is 1.71. The van der Waals surface area contributed by atoms with Gasteiger partial charge in [0, 0.05) is 18.8 Å². The highest BCUT2D eigenvalue weighted by molar-refractivity contribution is 9.10. The van der Waals surface area contributed by atoms with Gasteiger partial charge in [-0.1, -0.05) is 6.07 Å². The molecule has 2 aromatic rings. The molecule has 0 saturated carbocycles. The second-order valence-electron chi connectivity index (χ2n) is 3.19. The number of imidazole rings is 1. The normalized spacial score (nSPS) is 10.4. The van der Waals surface area contributed by atoms with Crippen LogP contribution in [0.15, 0.2) is 35.1 Å². The van der Waals surface area contributed by atoms with E-state index >= 15 is 0 Å². The smallest absolute Gasteiger partial charge is 0.302 e. The van der Waals surface area contributed by atoms with Crippen LogP contribution in [0.25, 0.3) is 0 Å². The maximum atomic E-state index is 12.9. The Balaban J connectivity index is 2.26. The van der Waals surface area contributed by atoms with E-state index in [1.54, 1.807) is 12.1 Å². The predicted molar refractivity (Wildman–Crippen MR) is 62.1 cm³/mol. The Hall–Kier alpha value is -1.36. The fourth-order valence-electron chi connectivity index (χ4n) is 1.31. The molecular weight excluding hydrogens is 275 g/mol. The third kappa shape index (κ3) is 2.41. The van der Waals surface area contributed by atoms with Crippen molar-refractivity contribution in [2.45, 2.75) is 13.5 Å². The number of halogens is 2. The van der Waals surface area contributed by atoms with E-state index < -0.39 is 0 Å². The summed E-state index contributed by atoms with van der Waals surface area (Å²) in [6.07, 6.45) is 1.81. The van der Waals surface area contributed by atoms with Crippen LogP contribution in [0.4, 0.5) is 4.39 Å². The van der Waals surface area contributed by atoms with E-state index in [4.69, 9.17) is 4.74 Å². The van der Waals surface area contributed by atoms with Gasteiger partial charge in [-0.2, -0.15) is 4.98 Å². The van der Waals surface area contributed by atoms with Gasteiger partial charge in [0.05, 0.1) is 0 Å². The van der Waals surface area contributed by atoms with Crippen LogP contribution < -0.4 is 4.74 Å². The molecule has 0 amide bonds. The van der Waals surface area contributed by atoms with Crippen LogP contribution in [-0.2, 0) is 6.54 Å². The number of ether oxygens (including phenoxy) is 1. The van der Waals surface area contributed by atoms with Crippen molar-refractivity contribution in [2.24, 2.45) is 0 Å². The quantitative estimate of drug-likeness (QED) is 0.861. The summed E-state index contributed by atoms with van der Waals surface area (Å²) in [7, 11) is 0. The Morgan fingerprint density at radius 2 is 2.31 bits per heavy atom. The highest BCUT2D eigenvalue weighted by atomic mass is 79.9. The number of rotatable bonds is 3. The molecule has 0 saturated heterocycles. The molecule has 0 aliphatic rings. The second-order valence-corrected chi connectivity index (χ2v) is 4.00. The lowest BCUT2D eigenvalue weighted by Crippen LogP contribution is -1.97. The third-order valence-electron chi connectivity index (χ3n) is 2.06. The molecule has 1 heterocycles. The molecule has 1 aromatic carbocycles. The lowest BCUT2D eigenvalue weighted by Gasteiger charge is -2.05. The van der Waals surface area contributed by atoms with Gasteiger partial charge in [-0.3, -0.25) is 4.57 Å². The molecule has 0 radical (unpaired) electrons. The first-order valence-electron chi connectivity index (χ1n) is 4.85. The van der Waals surface area contributed by atoms with Crippen LogP contribution in [-0.4, -0.2) is 9.55 Å². The lowest BCUT2D eigenvalue weighted by molar-refractivity contribution is 0.412. The Labute approximate surface area is 101 Å². The molecule has 0 spiro atoms. The van der Waals surface area contributed by atoms with Crippen LogP contribution in [0.2, 0.25) is 0 Å². The van der Waals surface area contributed by atoms with Crippen LogP contribution in [0.3, 0.4) is 0 Å². The summed E-state index contributed by atoms with van der Waals surface area (Å²) >= 11 is 3.27. The molecule has 0 atom stereocenters. The van der Waals surface area contributed by atoms with Crippen molar-refractivity contribution in [2.75, 3.05) is 0 Å². The Morgan fingerprint density at radius 3 is 3.00 bits per heavy atom. The molecule has 2 rings (SSSR count). The van der Waals surface area contributed by atoms with Gasteiger partial charge >= 0.3 is 6.01 Å². The van der Waals surface area contributed by atoms with Gasteiger partial charge < -0.3 is 4.74 Å². The van der Waals surface area contributed by atoms with Crippen LogP contribution in [0, 0.1) is 5.82 Å². The number of aryl methyl sites for hydroxylation is 1. The van der Waals surface area contributed by atoms with Gasteiger partial charge in [-0.25, -0.2) is 4.39 Å². The first kappa shape index (κ1) is 11.1. The van der Waals surface area contributed by atoms with Gasteiger partial charge in [0.25, 0.3) is 0 Å². The number of hydrogen-bond donors (Lipinski definition) is 0. The fraction of sp³-hybridized carbons (Fsp3) is 0.182. The van der Waals surface area contributed by atoms with Gasteiger partial charge in [-0.05, 0) is 35.0 Å². The maximum absolute atomic E-state index is 12.9. The highest BCUT2D eigenvalue weighted by Crippen LogP contribution is 2.23. The minimum Gasteiger partial charge on any atom is -0.425 e. The molecule has 16 heavy (non-hydrogen) atoms. The standard InChI is InChI=1S/C11H10BrFN2O/c1-2-15-7-10(12)14-11(15)16-9-5-3-4-8(13)6-9/h3-7H,2H2,1H3. The SMILES string of the molecule is CCn1cc(Br)nc1Oc1cccc(F)c1. The zero-order valence-corrected chi connectivity index (χ0v) is 10.2. The van der Waals surface area contributed by atoms with Crippen molar-refractivity contribution in [3.63, 3.8) is 0 Å². The van der Waals surface area contributed by atoms with Crippen molar-refractivity contribution in [3.05, 3.63) is 40.9 Å². The summed E-state index contributed by atoms with van der Waals surface area (Å²) in [6, 6.07) is 6.42.